The molecule has 2 atom stereocenters. The van der Waals surface area contributed by atoms with Gasteiger partial charge in [0, 0.05) is 19.3 Å². The highest BCUT2D eigenvalue weighted by Gasteiger charge is 2.42. The third kappa shape index (κ3) is 3.99. The molecular formula is C20H21F3N6O2. The topological polar surface area (TPSA) is 90.5 Å². The summed E-state index contributed by atoms with van der Waals surface area (Å²) in [4.78, 5) is 37.5. The third-order valence-corrected chi connectivity index (χ3v) is 5.43. The fourth-order valence-electron chi connectivity index (χ4n) is 3.87. The molecule has 0 spiro atoms. The second kappa shape index (κ2) is 7.71. The average Bonchev–Trinajstić information content (AvgIpc) is 3.11. The number of carbonyl (C=O) groups is 2. The van der Waals surface area contributed by atoms with Crippen molar-refractivity contribution >= 4 is 29.3 Å². The number of rotatable bonds is 3. The zero-order valence-corrected chi connectivity index (χ0v) is 16.9. The molecule has 0 radical (unpaired) electrons. The Labute approximate surface area is 176 Å². The van der Waals surface area contributed by atoms with E-state index >= 15 is 0 Å². The van der Waals surface area contributed by atoms with E-state index in [0.29, 0.717) is 36.6 Å². The first-order valence-electron chi connectivity index (χ1n) is 9.80. The normalized spacial score (nSPS) is 18.4. The molecule has 2 aromatic heterocycles. The molecule has 164 valence electrons. The zero-order valence-electron chi connectivity index (χ0n) is 16.9. The first-order chi connectivity index (χ1) is 14.6. The number of pyridine rings is 2. The molecule has 1 fully saturated rings. The minimum atomic E-state index is -4.57. The van der Waals surface area contributed by atoms with Gasteiger partial charge in [-0.3, -0.25) is 15.0 Å². The van der Waals surface area contributed by atoms with Gasteiger partial charge < -0.3 is 10.2 Å². The Morgan fingerprint density at radius 2 is 2.06 bits per heavy atom. The number of urea groups is 1. The number of fused-ring (bicyclic) bond motifs is 4. The van der Waals surface area contributed by atoms with E-state index in [-0.39, 0.29) is 17.6 Å². The van der Waals surface area contributed by atoms with Crippen LogP contribution < -0.4 is 20.4 Å². The van der Waals surface area contributed by atoms with Gasteiger partial charge in [0.25, 0.3) is 5.91 Å². The Balaban J connectivity index is 1.68. The number of hydrogen-bond acceptors (Lipinski definition) is 5. The largest absolute Gasteiger partial charge is 0.408 e. The van der Waals surface area contributed by atoms with Gasteiger partial charge in [-0.2, -0.15) is 13.2 Å². The molecule has 1 unspecified atom stereocenters. The molecule has 0 aromatic carbocycles. The monoisotopic (exact) mass is 434 g/mol. The fraction of sp³-hybridized carbons (Fsp3) is 0.400. The van der Waals surface area contributed by atoms with Crippen molar-refractivity contribution in [1.82, 2.24) is 15.3 Å². The minimum Gasteiger partial charge on any atom is -0.366 e. The summed E-state index contributed by atoms with van der Waals surface area (Å²) in [5.74, 6) is -0.333. The van der Waals surface area contributed by atoms with E-state index < -0.39 is 24.2 Å². The zero-order chi connectivity index (χ0) is 22.3. The van der Waals surface area contributed by atoms with Crippen molar-refractivity contribution in [3.05, 3.63) is 41.7 Å². The van der Waals surface area contributed by atoms with E-state index in [1.54, 1.807) is 31.3 Å². The van der Waals surface area contributed by atoms with Gasteiger partial charge in [-0.05, 0) is 44.0 Å². The van der Waals surface area contributed by atoms with E-state index in [1.807, 2.05) is 5.32 Å². The van der Waals surface area contributed by atoms with Crippen molar-refractivity contribution in [1.29, 1.82) is 0 Å². The maximum absolute atomic E-state index is 13.1. The standard InChI is InChI=1S/C20H21F3N6O2/c1-11-9-14(18(30)25-12(2)20(21,22)23)26-17-16(11)28-8-6-13(10-28)29(17)19(31)27-15-5-3-4-7-24-15/h3-5,7,9,12-13H,6,8,10H2,1-2H3,(H,25,30)(H,24,27,31)/t12-,13?/m1/s1. The second-order valence-electron chi connectivity index (χ2n) is 7.64. The first-order valence-corrected chi connectivity index (χ1v) is 9.80. The van der Waals surface area contributed by atoms with Gasteiger partial charge in [0.2, 0.25) is 0 Å². The molecule has 31 heavy (non-hydrogen) atoms. The quantitative estimate of drug-likeness (QED) is 0.775. The van der Waals surface area contributed by atoms with Crippen LogP contribution in [0, 0.1) is 6.92 Å². The summed E-state index contributed by atoms with van der Waals surface area (Å²) < 4.78 is 38.6. The number of aromatic nitrogens is 2. The highest BCUT2D eigenvalue weighted by atomic mass is 19.4. The van der Waals surface area contributed by atoms with Crippen LogP contribution in [0.5, 0.6) is 0 Å². The second-order valence-corrected chi connectivity index (χ2v) is 7.64. The summed E-state index contributed by atoms with van der Waals surface area (Å²) >= 11 is 0. The van der Waals surface area contributed by atoms with Gasteiger partial charge >= 0.3 is 12.2 Å². The van der Waals surface area contributed by atoms with Crippen LogP contribution in [0.2, 0.25) is 0 Å². The average molecular weight is 434 g/mol. The maximum Gasteiger partial charge on any atom is 0.408 e. The molecule has 3 amide bonds. The molecule has 2 aliphatic rings. The predicted octanol–water partition coefficient (Wildman–Crippen LogP) is 3.10. The number of aryl methyl sites for hydroxylation is 1. The molecule has 2 aliphatic heterocycles. The Morgan fingerprint density at radius 3 is 2.74 bits per heavy atom. The molecule has 4 rings (SSSR count). The smallest absolute Gasteiger partial charge is 0.366 e. The summed E-state index contributed by atoms with van der Waals surface area (Å²) in [5.41, 5.74) is 1.18. The molecule has 8 nitrogen and oxygen atoms in total. The van der Waals surface area contributed by atoms with Crippen LogP contribution in [0.1, 0.15) is 29.4 Å². The first kappa shape index (κ1) is 20.9. The highest BCUT2D eigenvalue weighted by Crippen LogP contribution is 2.41. The molecule has 2 bridgehead atoms. The summed E-state index contributed by atoms with van der Waals surface area (Å²) in [6.45, 7) is 3.94. The van der Waals surface area contributed by atoms with E-state index in [1.165, 1.54) is 11.0 Å². The van der Waals surface area contributed by atoms with Crippen LogP contribution in [-0.2, 0) is 0 Å². The molecule has 1 saturated heterocycles. The number of anilines is 3. The number of amides is 3. The number of hydrogen-bond donors (Lipinski definition) is 2. The lowest BCUT2D eigenvalue weighted by Gasteiger charge is -2.36. The van der Waals surface area contributed by atoms with Gasteiger partial charge in [0.1, 0.15) is 17.6 Å². The number of alkyl halides is 3. The SMILES string of the molecule is Cc1cc(C(=O)N[C@H](C)C(F)(F)F)nc2c1N1CCC(C1)N2C(=O)Nc1ccccn1. The Kier molecular flexibility index (Phi) is 5.19. The summed E-state index contributed by atoms with van der Waals surface area (Å²) in [5, 5.41) is 4.65. The van der Waals surface area contributed by atoms with Gasteiger partial charge in [-0.1, -0.05) is 6.07 Å². The lowest BCUT2D eigenvalue weighted by Crippen LogP contribution is -2.49. The molecule has 2 N–H and O–H groups in total. The van der Waals surface area contributed by atoms with Crippen molar-refractivity contribution < 1.29 is 22.8 Å². The molecular weight excluding hydrogens is 413 g/mol. The molecule has 0 saturated carbocycles. The lowest BCUT2D eigenvalue weighted by molar-refractivity contribution is -0.149. The third-order valence-electron chi connectivity index (χ3n) is 5.43. The number of halogens is 3. The Morgan fingerprint density at radius 1 is 1.29 bits per heavy atom. The highest BCUT2D eigenvalue weighted by molar-refractivity contribution is 6.05. The predicted molar refractivity (Wildman–Crippen MR) is 108 cm³/mol. The molecule has 11 heteroatoms. The van der Waals surface area contributed by atoms with E-state index in [0.717, 1.165) is 6.92 Å². The maximum atomic E-state index is 13.1. The van der Waals surface area contributed by atoms with Crippen LogP contribution in [0.4, 0.5) is 35.3 Å². The number of nitrogens with one attached hydrogen (secondary N) is 2. The summed E-state index contributed by atoms with van der Waals surface area (Å²) in [7, 11) is 0. The van der Waals surface area contributed by atoms with Gasteiger partial charge in [0.15, 0.2) is 5.82 Å². The van der Waals surface area contributed by atoms with E-state index in [4.69, 9.17) is 0 Å². The van der Waals surface area contributed by atoms with Crippen molar-refractivity contribution in [2.24, 2.45) is 0 Å². The van der Waals surface area contributed by atoms with Crippen LogP contribution >= 0.6 is 0 Å². The Bertz CT molecular complexity index is 1010. The van der Waals surface area contributed by atoms with Crippen LogP contribution in [0.3, 0.4) is 0 Å². The van der Waals surface area contributed by atoms with Crippen molar-refractivity contribution in [2.75, 3.05) is 28.2 Å². The minimum absolute atomic E-state index is 0.171. The van der Waals surface area contributed by atoms with E-state index in [2.05, 4.69) is 20.2 Å². The van der Waals surface area contributed by atoms with Gasteiger partial charge in [0.05, 0.1) is 11.7 Å². The Hall–Kier alpha value is -3.37. The lowest BCUT2D eigenvalue weighted by atomic mass is 10.1. The summed E-state index contributed by atoms with van der Waals surface area (Å²) in [6.07, 6.45) is -2.32. The molecule has 2 aromatic rings. The molecule has 0 aliphatic carbocycles. The number of carbonyl (C=O) groups excluding carboxylic acids is 2. The van der Waals surface area contributed by atoms with E-state index in [9.17, 15) is 22.8 Å². The van der Waals surface area contributed by atoms with Gasteiger partial charge in [-0.15, -0.1) is 0 Å². The fourth-order valence-corrected chi connectivity index (χ4v) is 3.87. The van der Waals surface area contributed by atoms with Crippen molar-refractivity contribution in [3.63, 3.8) is 0 Å². The van der Waals surface area contributed by atoms with Gasteiger partial charge in [-0.25, -0.2) is 14.8 Å². The number of nitrogens with zero attached hydrogens (tertiary/aromatic N) is 4. The van der Waals surface area contributed by atoms with Crippen LogP contribution in [-0.4, -0.2) is 53.3 Å². The molecule has 4 heterocycles. The van der Waals surface area contributed by atoms with Crippen molar-refractivity contribution in [3.8, 4) is 0 Å². The van der Waals surface area contributed by atoms with Crippen LogP contribution in [0.25, 0.3) is 0 Å². The van der Waals surface area contributed by atoms with Crippen molar-refractivity contribution in [2.45, 2.75) is 38.5 Å². The van der Waals surface area contributed by atoms with Crippen LogP contribution in [0.15, 0.2) is 30.5 Å². The summed E-state index contributed by atoms with van der Waals surface area (Å²) in [6, 6.07) is 3.89.